The van der Waals surface area contributed by atoms with E-state index in [1.807, 2.05) is 66.7 Å². The van der Waals surface area contributed by atoms with Gasteiger partial charge in [0.15, 0.2) is 5.92 Å². The molecular weight excluding hydrogens is 528 g/mol. The Bertz CT molecular complexity index is 1660. The van der Waals surface area contributed by atoms with Crippen LogP contribution in [-0.4, -0.2) is 46.6 Å². The molecule has 5 rings (SSSR count). The lowest BCUT2D eigenvalue weighted by atomic mass is 10.0. The standard InChI is InChI=1S/C30H24N4O5S/c1-38-25-16-10-9-15-21(25)31-28(36)27(35)26(29(37)39-2)23-18-40-30(32-23)34-24(20-13-7-4-8-14-20)17-22(33-34)19-11-5-3-6-12-19/h3-18,26H,1-2H3,(H,31,36)/t26-/m1/s1. The fourth-order valence-corrected chi connectivity index (χ4v) is 4.95. The minimum Gasteiger partial charge on any atom is -0.495 e. The van der Waals surface area contributed by atoms with Gasteiger partial charge < -0.3 is 14.8 Å². The monoisotopic (exact) mass is 552 g/mol. The molecule has 10 heteroatoms. The normalized spacial score (nSPS) is 11.4. The van der Waals surface area contributed by atoms with E-state index in [-0.39, 0.29) is 5.69 Å². The number of nitrogens with zero attached hydrogens (tertiary/aromatic N) is 3. The molecule has 200 valence electrons. The quantitative estimate of drug-likeness (QED) is 0.153. The van der Waals surface area contributed by atoms with Gasteiger partial charge >= 0.3 is 5.97 Å². The van der Waals surface area contributed by atoms with Gasteiger partial charge in [0.1, 0.15) is 5.75 Å². The zero-order valence-electron chi connectivity index (χ0n) is 21.6. The van der Waals surface area contributed by atoms with Crippen molar-refractivity contribution >= 4 is 34.7 Å². The molecule has 0 spiro atoms. The van der Waals surface area contributed by atoms with Gasteiger partial charge in [0, 0.05) is 16.5 Å². The van der Waals surface area contributed by atoms with E-state index in [9.17, 15) is 14.4 Å². The maximum absolute atomic E-state index is 13.3. The van der Waals surface area contributed by atoms with Gasteiger partial charge in [-0.2, -0.15) is 5.10 Å². The summed E-state index contributed by atoms with van der Waals surface area (Å²) in [7, 11) is 2.60. The summed E-state index contributed by atoms with van der Waals surface area (Å²) in [5.74, 6) is -4.09. The third-order valence-corrected chi connectivity index (χ3v) is 6.95. The van der Waals surface area contributed by atoms with Crippen molar-refractivity contribution in [1.29, 1.82) is 0 Å². The maximum Gasteiger partial charge on any atom is 0.323 e. The molecule has 0 aliphatic carbocycles. The fourth-order valence-electron chi connectivity index (χ4n) is 4.14. The van der Waals surface area contributed by atoms with Crippen molar-refractivity contribution in [2.75, 3.05) is 19.5 Å². The number of hydrogen-bond donors (Lipinski definition) is 1. The van der Waals surface area contributed by atoms with E-state index in [1.54, 1.807) is 34.3 Å². The summed E-state index contributed by atoms with van der Waals surface area (Å²) >= 11 is 1.19. The highest BCUT2D eigenvalue weighted by Crippen LogP contribution is 2.32. The average molecular weight is 553 g/mol. The van der Waals surface area contributed by atoms with Crippen LogP contribution in [0.4, 0.5) is 5.69 Å². The summed E-state index contributed by atoms with van der Waals surface area (Å²) in [6.45, 7) is 0. The Balaban J connectivity index is 1.51. The van der Waals surface area contributed by atoms with E-state index in [4.69, 9.17) is 14.6 Å². The molecule has 0 radical (unpaired) electrons. The predicted molar refractivity (Wildman–Crippen MR) is 151 cm³/mol. The van der Waals surface area contributed by atoms with Gasteiger partial charge in [0.2, 0.25) is 10.9 Å². The summed E-state index contributed by atoms with van der Waals surface area (Å²) in [5.41, 5.74) is 3.71. The zero-order valence-corrected chi connectivity index (χ0v) is 22.4. The molecule has 0 aliphatic rings. The highest BCUT2D eigenvalue weighted by Gasteiger charge is 2.37. The van der Waals surface area contributed by atoms with Gasteiger partial charge in [0.05, 0.1) is 37.0 Å². The number of para-hydroxylation sites is 2. The second kappa shape index (κ2) is 11.7. The van der Waals surface area contributed by atoms with E-state index in [1.165, 1.54) is 18.4 Å². The zero-order chi connectivity index (χ0) is 28.1. The van der Waals surface area contributed by atoms with Crippen molar-refractivity contribution in [3.05, 3.63) is 102 Å². The minimum absolute atomic E-state index is 0.0859. The van der Waals surface area contributed by atoms with Crippen LogP contribution >= 0.6 is 11.3 Å². The lowest BCUT2D eigenvalue weighted by Crippen LogP contribution is -2.33. The average Bonchev–Trinajstić information content (AvgIpc) is 3.66. The molecule has 5 aromatic rings. The number of carbonyl (C=O) groups excluding carboxylic acids is 3. The number of anilines is 1. The maximum atomic E-state index is 13.3. The molecule has 0 bridgehead atoms. The van der Waals surface area contributed by atoms with Crippen molar-refractivity contribution in [3.8, 4) is 33.4 Å². The number of carbonyl (C=O) groups is 3. The molecule has 2 heterocycles. The lowest BCUT2D eigenvalue weighted by Gasteiger charge is -2.13. The Morgan fingerprint density at radius 1 is 0.875 bits per heavy atom. The molecule has 3 aromatic carbocycles. The van der Waals surface area contributed by atoms with Crippen LogP contribution in [0, 0.1) is 0 Å². The van der Waals surface area contributed by atoms with Gasteiger partial charge in [-0.05, 0) is 18.2 Å². The van der Waals surface area contributed by atoms with Gasteiger partial charge in [-0.1, -0.05) is 72.8 Å². The summed E-state index contributed by atoms with van der Waals surface area (Å²) in [4.78, 5) is 43.5. The highest BCUT2D eigenvalue weighted by atomic mass is 32.1. The number of amides is 1. The van der Waals surface area contributed by atoms with Crippen LogP contribution in [0.2, 0.25) is 0 Å². The Labute approximate surface area is 234 Å². The van der Waals surface area contributed by atoms with Gasteiger partial charge in [-0.15, -0.1) is 11.3 Å². The number of benzene rings is 3. The van der Waals surface area contributed by atoms with Crippen LogP contribution in [0.3, 0.4) is 0 Å². The number of methoxy groups -OCH3 is 2. The molecule has 1 N–H and O–H groups in total. The van der Waals surface area contributed by atoms with Gasteiger partial charge in [-0.25, -0.2) is 9.67 Å². The smallest absolute Gasteiger partial charge is 0.323 e. The second-order valence-corrected chi connectivity index (χ2v) is 9.43. The third kappa shape index (κ3) is 5.38. The molecule has 2 aromatic heterocycles. The van der Waals surface area contributed by atoms with Crippen LogP contribution in [0.25, 0.3) is 27.6 Å². The van der Waals surface area contributed by atoms with Crippen molar-refractivity contribution < 1.29 is 23.9 Å². The molecule has 1 amide bonds. The fraction of sp³-hybridized carbons (Fsp3) is 0.100. The molecule has 0 aliphatic heterocycles. The molecule has 0 saturated carbocycles. The van der Waals surface area contributed by atoms with Crippen LogP contribution in [0.5, 0.6) is 5.75 Å². The molecule has 0 saturated heterocycles. The van der Waals surface area contributed by atoms with Crippen molar-refractivity contribution in [1.82, 2.24) is 14.8 Å². The van der Waals surface area contributed by atoms with Crippen molar-refractivity contribution in [3.63, 3.8) is 0 Å². The molecule has 0 fully saturated rings. The van der Waals surface area contributed by atoms with E-state index < -0.39 is 23.6 Å². The number of nitrogens with one attached hydrogen (secondary N) is 1. The van der Waals surface area contributed by atoms with Gasteiger partial charge in [0.25, 0.3) is 5.91 Å². The summed E-state index contributed by atoms with van der Waals surface area (Å²) in [5, 5.41) is 9.29. The first-order valence-corrected chi connectivity index (χ1v) is 13.1. The number of rotatable bonds is 9. The summed E-state index contributed by atoms with van der Waals surface area (Å²) < 4.78 is 11.8. The molecule has 40 heavy (non-hydrogen) atoms. The first kappa shape index (κ1) is 26.5. The number of hydrogen-bond acceptors (Lipinski definition) is 8. The predicted octanol–water partition coefficient (Wildman–Crippen LogP) is 5.14. The van der Waals surface area contributed by atoms with E-state index >= 15 is 0 Å². The van der Waals surface area contributed by atoms with E-state index in [2.05, 4.69) is 10.3 Å². The van der Waals surface area contributed by atoms with Crippen molar-refractivity contribution in [2.24, 2.45) is 0 Å². The first-order chi connectivity index (χ1) is 19.5. The molecule has 1 atom stereocenters. The summed E-state index contributed by atoms with van der Waals surface area (Å²) in [6, 6.07) is 28.0. The van der Waals surface area contributed by atoms with E-state index in [0.29, 0.717) is 16.6 Å². The number of ketones is 1. The number of esters is 1. The highest BCUT2D eigenvalue weighted by molar-refractivity contribution is 7.12. The number of thiazole rings is 1. The number of aromatic nitrogens is 3. The minimum atomic E-state index is -1.56. The Kier molecular flexibility index (Phi) is 7.79. The Hall–Kier alpha value is -5.09. The largest absolute Gasteiger partial charge is 0.495 e. The Morgan fingerprint density at radius 2 is 1.52 bits per heavy atom. The van der Waals surface area contributed by atoms with E-state index in [0.717, 1.165) is 29.6 Å². The van der Waals surface area contributed by atoms with Crippen LogP contribution in [-0.2, 0) is 19.1 Å². The number of Topliss-reactive ketones (excluding diaryl/α,β-unsaturated/α-hetero) is 1. The van der Waals surface area contributed by atoms with Crippen LogP contribution in [0.15, 0.2) is 96.4 Å². The molecule has 9 nitrogen and oxygen atoms in total. The summed E-state index contributed by atoms with van der Waals surface area (Å²) in [6.07, 6.45) is 0. The van der Waals surface area contributed by atoms with Crippen molar-refractivity contribution in [2.45, 2.75) is 5.92 Å². The topological polar surface area (TPSA) is 112 Å². The molecule has 0 unspecified atom stereocenters. The van der Waals surface area contributed by atoms with Crippen LogP contribution < -0.4 is 10.1 Å². The van der Waals surface area contributed by atoms with Gasteiger partial charge in [-0.3, -0.25) is 14.4 Å². The Morgan fingerprint density at radius 3 is 2.20 bits per heavy atom. The third-order valence-electron chi connectivity index (χ3n) is 6.11. The number of ether oxygens (including phenoxy) is 2. The molecular formula is C30H24N4O5S. The second-order valence-electron chi connectivity index (χ2n) is 8.59. The SMILES string of the molecule is COC(=O)[C@@H](C(=O)C(=O)Nc1ccccc1OC)c1csc(-n2nc(-c3ccccc3)cc2-c2ccccc2)n1. The van der Waals surface area contributed by atoms with Crippen LogP contribution in [0.1, 0.15) is 11.6 Å². The first-order valence-electron chi connectivity index (χ1n) is 12.2. The lowest BCUT2D eigenvalue weighted by molar-refractivity contribution is -0.148.